The van der Waals surface area contributed by atoms with E-state index in [4.69, 9.17) is 16.3 Å². The van der Waals surface area contributed by atoms with E-state index in [2.05, 4.69) is 0 Å². The van der Waals surface area contributed by atoms with Gasteiger partial charge in [0.05, 0.1) is 16.6 Å². The number of rotatable bonds is 3. The Balaban J connectivity index is 2.29. The number of thiophene rings is 1. The third-order valence-electron chi connectivity index (χ3n) is 3.68. The van der Waals surface area contributed by atoms with Crippen molar-refractivity contribution in [1.29, 1.82) is 0 Å². The van der Waals surface area contributed by atoms with E-state index in [1.165, 1.54) is 16.1 Å². The minimum atomic E-state index is -0.895. The molecule has 0 aliphatic heterocycles. The lowest BCUT2D eigenvalue weighted by molar-refractivity contribution is 0.100. The second-order valence-electron chi connectivity index (χ2n) is 5.15. The van der Waals surface area contributed by atoms with Gasteiger partial charge >= 0.3 is 6.09 Å². The lowest BCUT2D eigenvalue weighted by Gasteiger charge is -2.01. The Morgan fingerprint density at radius 1 is 1.17 bits per heavy atom. The summed E-state index contributed by atoms with van der Waals surface area (Å²) < 4.78 is 1.34. The van der Waals surface area contributed by atoms with Crippen molar-refractivity contribution in [2.45, 2.75) is 13.8 Å². The molecule has 2 amide bonds. The fourth-order valence-electron chi connectivity index (χ4n) is 2.81. The van der Waals surface area contributed by atoms with E-state index in [1.807, 2.05) is 38.1 Å². The third kappa shape index (κ3) is 2.44. The maximum atomic E-state index is 11.6. The fourth-order valence-corrected chi connectivity index (χ4v) is 3.83. The van der Waals surface area contributed by atoms with Gasteiger partial charge in [-0.3, -0.25) is 4.79 Å². The van der Waals surface area contributed by atoms with Gasteiger partial charge in [-0.15, -0.1) is 11.3 Å². The molecule has 0 aliphatic carbocycles. The number of benzene rings is 1. The summed E-state index contributed by atoms with van der Waals surface area (Å²) in [6.45, 7) is 3.79. The summed E-state index contributed by atoms with van der Waals surface area (Å²) in [6, 6.07) is 7.49. The molecule has 6 nitrogen and oxygen atoms in total. The van der Waals surface area contributed by atoms with Gasteiger partial charge in [-0.25, -0.2) is 4.79 Å². The molecule has 0 bridgehead atoms. The molecule has 0 saturated carbocycles. The number of fused-ring (bicyclic) bond motifs is 1. The molecule has 23 heavy (non-hydrogen) atoms. The average molecular weight is 329 g/mol. The Hall–Kier alpha value is -2.80. The first-order valence-electron chi connectivity index (χ1n) is 6.88. The van der Waals surface area contributed by atoms with Crippen molar-refractivity contribution < 1.29 is 14.4 Å². The maximum absolute atomic E-state index is 11.6. The molecule has 1 aromatic carbocycles. The number of aromatic nitrogens is 1. The number of para-hydroxylation sites is 1. The van der Waals surface area contributed by atoms with Crippen LogP contribution in [0.1, 0.15) is 20.1 Å². The first-order chi connectivity index (χ1) is 10.9. The molecule has 2 aromatic heterocycles. The molecular formula is C16H15N3O3S. The normalized spacial score (nSPS) is 10.9. The van der Waals surface area contributed by atoms with Crippen LogP contribution in [0.25, 0.3) is 22.0 Å². The van der Waals surface area contributed by atoms with E-state index in [0.717, 1.165) is 27.0 Å². The topological polar surface area (TPSA) is 100 Å². The van der Waals surface area contributed by atoms with Crippen molar-refractivity contribution in [1.82, 2.24) is 4.73 Å². The van der Waals surface area contributed by atoms with E-state index in [9.17, 15) is 9.59 Å². The maximum Gasteiger partial charge on any atom is 0.429 e. The SMILES string of the molecule is Cc1sc(C(N)=O)c(C)c1-c1cn(OC(N)=O)c2ccccc12. The predicted octanol–water partition coefficient (Wildman–Crippen LogP) is 2.59. The standard InChI is InChI=1S/C16H15N3O3S/c1-8-13(9(2)23-14(8)15(17)20)11-7-19(22-16(18)21)12-6-4-3-5-10(11)12/h3-7H,1-2H3,(H2,17,20)(H2,18,21). The summed E-state index contributed by atoms with van der Waals surface area (Å²) in [4.78, 5) is 29.2. The number of hydrogen-bond donors (Lipinski definition) is 2. The van der Waals surface area contributed by atoms with Gasteiger partial charge in [0, 0.05) is 21.4 Å². The van der Waals surface area contributed by atoms with Crippen LogP contribution in [0.15, 0.2) is 30.5 Å². The summed E-state index contributed by atoms with van der Waals surface area (Å²) >= 11 is 1.36. The van der Waals surface area contributed by atoms with Gasteiger partial charge in [-0.05, 0) is 25.5 Å². The van der Waals surface area contributed by atoms with Crippen LogP contribution in [0, 0.1) is 13.8 Å². The molecule has 0 unspecified atom stereocenters. The average Bonchev–Trinajstić information content (AvgIpc) is 2.97. The van der Waals surface area contributed by atoms with Crippen LogP contribution in [0.5, 0.6) is 0 Å². The quantitative estimate of drug-likeness (QED) is 0.772. The van der Waals surface area contributed by atoms with Crippen LogP contribution in [0.3, 0.4) is 0 Å². The highest BCUT2D eigenvalue weighted by Gasteiger charge is 2.21. The Kier molecular flexibility index (Phi) is 3.57. The second-order valence-corrected chi connectivity index (χ2v) is 6.37. The monoisotopic (exact) mass is 329 g/mol. The lowest BCUT2D eigenvalue weighted by Crippen LogP contribution is -2.24. The summed E-state index contributed by atoms with van der Waals surface area (Å²) in [7, 11) is 0. The molecule has 0 aliphatic rings. The van der Waals surface area contributed by atoms with Gasteiger partial charge in [0.15, 0.2) is 0 Å². The minimum absolute atomic E-state index is 0.445. The highest BCUT2D eigenvalue weighted by atomic mass is 32.1. The van der Waals surface area contributed by atoms with Gasteiger partial charge in [-0.2, -0.15) is 4.73 Å². The molecule has 0 spiro atoms. The molecule has 0 atom stereocenters. The van der Waals surface area contributed by atoms with E-state index in [1.54, 1.807) is 6.20 Å². The largest absolute Gasteiger partial charge is 0.429 e. The number of hydrogen-bond acceptors (Lipinski definition) is 4. The molecule has 118 valence electrons. The van der Waals surface area contributed by atoms with Gasteiger partial charge in [-0.1, -0.05) is 18.2 Å². The summed E-state index contributed by atoms with van der Waals surface area (Å²) in [6.07, 6.45) is 0.802. The zero-order valence-electron chi connectivity index (χ0n) is 12.6. The molecular weight excluding hydrogens is 314 g/mol. The fraction of sp³-hybridized carbons (Fsp3) is 0.125. The molecule has 4 N–H and O–H groups in total. The Morgan fingerprint density at radius 3 is 2.48 bits per heavy atom. The number of carbonyl (C=O) groups excluding carboxylic acids is 2. The van der Waals surface area contributed by atoms with Crippen LogP contribution >= 0.6 is 11.3 Å². The van der Waals surface area contributed by atoms with E-state index >= 15 is 0 Å². The van der Waals surface area contributed by atoms with E-state index in [-0.39, 0.29) is 0 Å². The number of aryl methyl sites for hydroxylation is 1. The zero-order chi connectivity index (χ0) is 16.7. The minimum Gasteiger partial charge on any atom is -0.365 e. The molecule has 0 saturated heterocycles. The van der Waals surface area contributed by atoms with Gasteiger partial charge in [0.2, 0.25) is 0 Å². The Morgan fingerprint density at radius 2 is 1.87 bits per heavy atom. The van der Waals surface area contributed by atoms with Crippen molar-refractivity contribution in [2.24, 2.45) is 11.5 Å². The molecule has 7 heteroatoms. The second kappa shape index (κ2) is 5.44. The molecule has 2 heterocycles. The van der Waals surface area contributed by atoms with Gasteiger partial charge in [0.25, 0.3) is 5.91 Å². The van der Waals surface area contributed by atoms with Crippen LogP contribution < -0.4 is 16.3 Å². The Labute approximate surface area is 136 Å². The van der Waals surface area contributed by atoms with Crippen molar-refractivity contribution in [2.75, 3.05) is 0 Å². The van der Waals surface area contributed by atoms with Crippen LogP contribution in [0.4, 0.5) is 4.79 Å². The first kappa shape index (κ1) is 15.1. The van der Waals surface area contributed by atoms with Crippen LogP contribution in [0.2, 0.25) is 0 Å². The number of carbonyl (C=O) groups is 2. The summed E-state index contributed by atoms with van der Waals surface area (Å²) in [5, 5.41) is 0.897. The van der Waals surface area contributed by atoms with Crippen molar-refractivity contribution in [3.8, 4) is 11.1 Å². The third-order valence-corrected chi connectivity index (χ3v) is 4.90. The number of nitrogens with zero attached hydrogens (tertiary/aromatic N) is 1. The summed E-state index contributed by atoms with van der Waals surface area (Å²) in [5.41, 5.74) is 13.9. The highest BCUT2D eigenvalue weighted by Crippen LogP contribution is 2.39. The smallest absolute Gasteiger partial charge is 0.365 e. The molecule has 3 rings (SSSR count). The number of primary amides is 2. The number of nitrogens with two attached hydrogens (primary N) is 2. The van der Waals surface area contributed by atoms with Crippen molar-refractivity contribution in [3.63, 3.8) is 0 Å². The lowest BCUT2D eigenvalue weighted by atomic mass is 10.0. The highest BCUT2D eigenvalue weighted by molar-refractivity contribution is 7.14. The van der Waals surface area contributed by atoms with Crippen molar-refractivity contribution >= 4 is 34.2 Å². The van der Waals surface area contributed by atoms with Crippen LogP contribution in [-0.2, 0) is 0 Å². The zero-order valence-corrected chi connectivity index (χ0v) is 13.4. The van der Waals surface area contributed by atoms with Gasteiger partial charge < -0.3 is 16.3 Å². The Bertz CT molecular complexity index is 940. The van der Waals surface area contributed by atoms with Crippen molar-refractivity contribution in [3.05, 3.63) is 45.8 Å². The summed E-state index contributed by atoms with van der Waals surface area (Å²) in [5.74, 6) is -0.445. The van der Waals surface area contributed by atoms with E-state index < -0.39 is 12.0 Å². The molecule has 0 fully saturated rings. The predicted molar refractivity (Wildman–Crippen MR) is 89.4 cm³/mol. The van der Waals surface area contributed by atoms with Crippen LogP contribution in [-0.4, -0.2) is 16.7 Å². The first-order valence-corrected chi connectivity index (χ1v) is 7.69. The molecule has 0 radical (unpaired) electrons. The van der Waals surface area contributed by atoms with Gasteiger partial charge in [0.1, 0.15) is 0 Å². The number of amides is 2. The van der Waals surface area contributed by atoms with E-state index in [0.29, 0.717) is 10.4 Å². The molecule has 3 aromatic rings.